The van der Waals surface area contributed by atoms with E-state index >= 15 is 0 Å². The Morgan fingerprint density at radius 2 is 1.55 bits per heavy atom. The van der Waals surface area contributed by atoms with Crippen molar-refractivity contribution < 1.29 is 19.1 Å². The standard InChI is InChI=1S/C35H53N3O4/c1-11-24(4)30(37-34(41)42-35(8,9)10)33(40)38(27(7)19-17-23(2)3)31(29-20-18-25(5)26(6)21-29)32(39)36-22-28-15-13-12-14-16-28/h12-16,18,20-21,23-24,27,30-31H,11,17,19,22H2,1-10H3,(H,36,39)(H,37,41). The molecule has 0 heterocycles. The van der Waals surface area contributed by atoms with E-state index in [0.717, 1.165) is 35.1 Å². The third-order valence-electron chi connectivity index (χ3n) is 7.73. The maximum absolute atomic E-state index is 14.7. The first-order valence-corrected chi connectivity index (χ1v) is 15.3. The minimum absolute atomic E-state index is 0.183. The Kier molecular flexibility index (Phi) is 13.1. The van der Waals surface area contributed by atoms with Gasteiger partial charge in [-0.25, -0.2) is 4.79 Å². The normalized spacial score (nSPS) is 14.5. The number of nitrogens with zero attached hydrogens (tertiary/aromatic N) is 1. The number of carbonyl (C=O) groups excluding carboxylic acids is 3. The van der Waals surface area contributed by atoms with Crippen molar-refractivity contribution in [3.63, 3.8) is 0 Å². The molecule has 0 spiro atoms. The van der Waals surface area contributed by atoms with Gasteiger partial charge in [-0.3, -0.25) is 9.59 Å². The van der Waals surface area contributed by atoms with Crippen LogP contribution in [0, 0.1) is 25.7 Å². The van der Waals surface area contributed by atoms with Crippen LogP contribution in [0.15, 0.2) is 48.5 Å². The molecule has 0 fully saturated rings. The topological polar surface area (TPSA) is 87.7 Å². The molecule has 2 aromatic carbocycles. The van der Waals surface area contributed by atoms with Crippen molar-refractivity contribution >= 4 is 17.9 Å². The molecule has 0 aliphatic heterocycles. The Bertz CT molecular complexity index is 1170. The molecule has 0 aliphatic rings. The lowest BCUT2D eigenvalue weighted by Gasteiger charge is -2.40. The summed E-state index contributed by atoms with van der Waals surface area (Å²) in [6.45, 7) is 20.0. The molecule has 0 saturated carbocycles. The lowest BCUT2D eigenvalue weighted by Crippen LogP contribution is -2.57. The summed E-state index contributed by atoms with van der Waals surface area (Å²) in [5.41, 5.74) is 3.16. The summed E-state index contributed by atoms with van der Waals surface area (Å²) in [6, 6.07) is 13.7. The van der Waals surface area contributed by atoms with Crippen molar-refractivity contribution in [2.75, 3.05) is 0 Å². The summed E-state index contributed by atoms with van der Waals surface area (Å²) in [7, 11) is 0. The molecule has 2 rings (SSSR count). The van der Waals surface area contributed by atoms with Crippen molar-refractivity contribution in [1.29, 1.82) is 0 Å². The summed E-state index contributed by atoms with van der Waals surface area (Å²) in [5.74, 6) is -0.296. The van der Waals surface area contributed by atoms with E-state index in [0.29, 0.717) is 18.9 Å². The van der Waals surface area contributed by atoms with Crippen LogP contribution in [0.2, 0.25) is 0 Å². The number of carbonyl (C=O) groups is 3. The van der Waals surface area contributed by atoms with E-state index in [1.807, 2.05) is 83.1 Å². The number of aryl methyl sites for hydroxylation is 2. The fourth-order valence-corrected chi connectivity index (χ4v) is 4.85. The summed E-state index contributed by atoms with van der Waals surface area (Å²) >= 11 is 0. The van der Waals surface area contributed by atoms with Crippen LogP contribution in [-0.4, -0.2) is 40.5 Å². The van der Waals surface area contributed by atoms with Crippen LogP contribution >= 0.6 is 0 Å². The molecule has 7 heteroatoms. The number of hydrogen-bond acceptors (Lipinski definition) is 4. The molecule has 3 amide bonds. The van der Waals surface area contributed by atoms with E-state index in [2.05, 4.69) is 24.5 Å². The molecule has 232 valence electrons. The van der Waals surface area contributed by atoms with Crippen LogP contribution in [0.5, 0.6) is 0 Å². The zero-order chi connectivity index (χ0) is 31.6. The number of alkyl carbamates (subject to hydrolysis) is 1. The minimum Gasteiger partial charge on any atom is -0.444 e. The number of hydrogen-bond donors (Lipinski definition) is 2. The predicted molar refractivity (Wildman–Crippen MR) is 170 cm³/mol. The lowest BCUT2D eigenvalue weighted by atomic mass is 9.92. The average Bonchev–Trinajstić information content (AvgIpc) is 2.92. The van der Waals surface area contributed by atoms with E-state index in [-0.39, 0.29) is 23.8 Å². The van der Waals surface area contributed by atoms with Crippen molar-refractivity contribution in [1.82, 2.24) is 15.5 Å². The Morgan fingerprint density at radius 3 is 2.10 bits per heavy atom. The van der Waals surface area contributed by atoms with Crippen molar-refractivity contribution in [3.8, 4) is 0 Å². The first kappa shape index (κ1) is 34.8. The van der Waals surface area contributed by atoms with E-state index in [9.17, 15) is 14.4 Å². The number of amides is 3. The highest BCUT2D eigenvalue weighted by molar-refractivity contribution is 5.92. The van der Waals surface area contributed by atoms with Gasteiger partial charge in [-0.2, -0.15) is 0 Å². The quantitative estimate of drug-likeness (QED) is 0.262. The van der Waals surface area contributed by atoms with Crippen molar-refractivity contribution in [2.24, 2.45) is 11.8 Å². The largest absolute Gasteiger partial charge is 0.444 e. The summed E-state index contributed by atoms with van der Waals surface area (Å²) in [6.07, 6.45) is 1.63. The van der Waals surface area contributed by atoms with Gasteiger partial charge in [0.15, 0.2) is 0 Å². The molecule has 0 aromatic heterocycles. The molecular formula is C35H53N3O4. The highest BCUT2D eigenvalue weighted by atomic mass is 16.6. The van der Waals surface area contributed by atoms with Gasteiger partial charge in [0, 0.05) is 12.6 Å². The first-order valence-electron chi connectivity index (χ1n) is 15.3. The second-order valence-electron chi connectivity index (χ2n) is 13.0. The van der Waals surface area contributed by atoms with Gasteiger partial charge in [-0.15, -0.1) is 0 Å². The van der Waals surface area contributed by atoms with Crippen molar-refractivity contribution in [2.45, 2.75) is 119 Å². The SMILES string of the molecule is CCC(C)C(NC(=O)OC(C)(C)C)C(=O)N(C(C)CCC(C)C)C(C(=O)NCc1ccccc1)c1ccc(C)c(C)c1. The Hall–Kier alpha value is -3.35. The summed E-state index contributed by atoms with van der Waals surface area (Å²) in [4.78, 5) is 43.5. The number of ether oxygens (including phenoxy) is 1. The number of benzene rings is 2. The Morgan fingerprint density at radius 1 is 0.905 bits per heavy atom. The van der Waals surface area contributed by atoms with Gasteiger partial charge in [-0.1, -0.05) is 82.6 Å². The van der Waals surface area contributed by atoms with Gasteiger partial charge < -0.3 is 20.3 Å². The van der Waals surface area contributed by atoms with Gasteiger partial charge in [0.05, 0.1) is 0 Å². The maximum Gasteiger partial charge on any atom is 0.408 e. The molecule has 0 radical (unpaired) electrons. The van der Waals surface area contributed by atoms with Crippen molar-refractivity contribution in [3.05, 3.63) is 70.8 Å². The van der Waals surface area contributed by atoms with Crippen LogP contribution in [-0.2, 0) is 20.9 Å². The fourth-order valence-electron chi connectivity index (χ4n) is 4.85. The molecule has 4 atom stereocenters. The molecule has 2 aromatic rings. The molecule has 0 aliphatic carbocycles. The van der Waals surface area contributed by atoms with Gasteiger partial charge in [0.1, 0.15) is 17.7 Å². The van der Waals surface area contributed by atoms with Gasteiger partial charge in [0.2, 0.25) is 11.8 Å². The smallest absolute Gasteiger partial charge is 0.408 e. The fraction of sp³-hybridized carbons (Fsp3) is 0.571. The van der Waals surface area contributed by atoms with Gasteiger partial charge in [0.25, 0.3) is 0 Å². The second kappa shape index (κ2) is 15.8. The summed E-state index contributed by atoms with van der Waals surface area (Å²) in [5, 5.41) is 5.96. The molecule has 42 heavy (non-hydrogen) atoms. The van der Waals surface area contributed by atoms with Crippen LogP contribution in [0.3, 0.4) is 0 Å². The molecule has 0 saturated heterocycles. The zero-order valence-corrected chi connectivity index (χ0v) is 27.4. The van der Waals surface area contributed by atoms with E-state index in [1.54, 1.807) is 25.7 Å². The monoisotopic (exact) mass is 579 g/mol. The van der Waals surface area contributed by atoms with Crippen LogP contribution in [0.1, 0.15) is 103 Å². The molecule has 4 unspecified atom stereocenters. The third kappa shape index (κ3) is 10.5. The Balaban J connectivity index is 2.62. The van der Waals surface area contributed by atoms with Gasteiger partial charge in [-0.05, 0) is 88.5 Å². The third-order valence-corrected chi connectivity index (χ3v) is 7.73. The highest BCUT2D eigenvalue weighted by Crippen LogP contribution is 2.30. The zero-order valence-electron chi connectivity index (χ0n) is 27.4. The molecule has 0 bridgehead atoms. The van der Waals surface area contributed by atoms with Crippen LogP contribution in [0.25, 0.3) is 0 Å². The highest BCUT2D eigenvalue weighted by Gasteiger charge is 2.40. The molecular weight excluding hydrogens is 526 g/mol. The summed E-state index contributed by atoms with van der Waals surface area (Å²) < 4.78 is 5.54. The van der Waals surface area contributed by atoms with Gasteiger partial charge >= 0.3 is 6.09 Å². The first-order chi connectivity index (χ1) is 19.6. The lowest BCUT2D eigenvalue weighted by molar-refractivity contribution is -0.146. The van der Waals surface area contributed by atoms with Crippen LogP contribution < -0.4 is 10.6 Å². The maximum atomic E-state index is 14.7. The second-order valence-corrected chi connectivity index (χ2v) is 13.0. The minimum atomic E-state index is -0.880. The van der Waals surface area contributed by atoms with E-state index < -0.39 is 23.8 Å². The van der Waals surface area contributed by atoms with E-state index in [1.165, 1.54) is 0 Å². The predicted octanol–water partition coefficient (Wildman–Crippen LogP) is 7.25. The van der Waals surface area contributed by atoms with E-state index in [4.69, 9.17) is 4.74 Å². The number of rotatable bonds is 13. The molecule has 7 nitrogen and oxygen atoms in total. The average molecular weight is 580 g/mol. The number of nitrogens with one attached hydrogen (secondary N) is 2. The van der Waals surface area contributed by atoms with Crippen LogP contribution in [0.4, 0.5) is 4.79 Å². The Labute approximate surface area is 253 Å². The molecule has 2 N–H and O–H groups in total.